The van der Waals surface area contributed by atoms with Crippen LogP contribution in [0.4, 0.5) is 0 Å². The highest BCUT2D eigenvalue weighted by Crippen LogP contribution is 2.33. The van der Waals surface area contributed by atoms with E-state index in [2.05, 4.69) is 15.9 Å². The highest BCUT2D eigenvalue weighted by molar-refractivity contribution is 9.15. The normalized spacial score (nSPS) is 11.7. The molecule has 0 fully saturated rings. The number of halogens is 3. The van der Waals surface area contributed by atoms with Gasteiger partial charge in [0, 0.05) is 5.56 Å². The minimum Gasteiger partial charge on any atom is -0.462 e. The van der Waals surface area contributed by atoms with Crippen LogP contribution in [0.1, 0.15) is 39.0 Å². The maximum Gasteiger partial charge on any atom is 0.230 e. The van der Waals surface area contributed by atoms with Crippen molar-refractivity contribution in [3.63, 3.8) is 0 Å². The van der Waals surface area contributed by atoms with Crippen LogP contribution in [0, 0.1) is 0 Å². The van der Waals surface area contributed by atoms with Gasteiger partial charge in [-0.1, -0.05) is 42.4 Å². The molecule has 0 saturated heterocycles. The van der Waals surface area contributed by atoms with E-state index in [1.807, 2.05) is 6.82 Å². The molecule has 2 rings (SSSR count). The molecule has 25 heavy (non-hydrogen) atoms. The van der Waals surface area contributed by atoms with Gasteiger partial charge in [-0.15, -0.1) is 0 Å². The molecule has 2 aromatic rings. The second kappa shape index (κ2) is 8.17. The van der Waals surface area contributed by atoms with Crippen molar-refractivity contribution in [3.8, 4) is 0 Å². The summed E-state index contributed by atoms with van der Waals surface area (Å²) >= 11 is 15.1. The topological polar surface area (TPSA) is 64.3 Å². The second-order valence-corrected chi connectivity index (χ2v) is 6.69. The van der Waals surface area contributed by atoms with E-state index in [0.717, 1.165) is 11.7 Å². The van der Waals surface area contributed by atoms with Crippen molar-refractivity contribution in [2.24, 2.45) is 0 Å². The Labute approximate surface area is 163 Å². The molecule has 1 radical (unpaired) electrons. The number of furan rings is 1. The number of benzene rings is 1. The first-order valence-corrected chi connectivity index (χ1v) is 8.63. The Balaban J connectivity index is 2.63. The molecule has 0 amide bonds. The molecule has 0 unspecified atom stereocenters. The Kier molecular flexibility index (Phi) is 6.44. The van der Waals surface area contributed by atoms with E-state index in [-0.39, 0.29) is 33.8 Å². The zero-order valence-corrected chi connectivity index (χ0v) is 16.3. The number of Topliss-reactive ketones (excluding diaryl/α,β-unsaturated/α-hetero) is 1. The molecule has 0 atom stereocenters. The van der Waals surface area contributed by atoms with Gasteiger partial charge in [-0.2, -0.15) is 0 Å². The summed E-state index contributed by atoms with van der Waals surface area (Å²) in [5.74, 6) is -1.23. The van der Waals surface area contributed by atoms with E-state index < -0.39 is 11.6 Å². The first-order chi connectivity index (χ1) is 11.8. The van der Waals surface area contributed by atoms with Crippen molar-refractivity contribution in [1.82, 2.24) is 0 Å². The van der Waals surface area contributed by atoms with Crippen LogP contribution in [0.25, 0.3) is 4.48 Å². The van der Waals surface area contributed by atoms with Crippen LogP contribution in [0.3, 0.4) is 0 Å². The Bertz CT molecular complexity index is 902. The largest absolute Gasteiger partial charge is 0.462 e. The van der Waals surface area contributed by atoms with Crippen LogP contribution < -0.4 is 0 Å². The van der Waals surface area contributed by atoms with Crippen molar-refractivity contribution < 1.29 is 18.8 Å². The third-order valence-electron chi connectivity index (χ3n) is 3.55. The van der Waals surface area contributed by atoms with E-state index in [0.29, 0.717) is 9.51 Å². The number of carbonyl (C=O) groups is 3. The van der Waals surface area contributed by atoms with Crippen molar-refractivity contribution in [2.75, 3.05) is 0 Å². The molecular formula is C17H11BBrCl2O4. The van der Waals surface area contributed by atoms with Crippen LogP contribution in [-0.4, -0.2) is 25.1 Å². The van der Waals surface area contributed by atoms with E-state index in [1.54, 1.807) is 14.2 Å². The third-order valence-corrected chi connectivity index (χ3v) is 5.27. The minimum atomic E-state index is -0.854. The van der Waals surface area contributed by atoms with Gasteiger partial charge in [0.25, 0.3) is 0 Å². The molecule has 4 nitrogen and oxygen atoms in total. The van der Waals surface area contributed by atoms with Gasteiger partial charge in [-0.3, -0.25) is 14.4 Å². The van der Waals surface area contributed by atoms with Crippen molar-refractivity contribution in [3.05, 3.63) is 62.4 Å². The van der Waals surface area contributed by atoms with E-state index >= 15 is 0 Å². The maximum absolute atomic E-state index is 12.8. The first-order valence-electron chi connectivity index (χ1n) is 7.08. The average molecular weight is 441 g/mol. The number of aldehydes is 1. The van der Waals surface area contributed by atoms with Crippen LogP contribution in [0.15, 0.2) is 34.4 Å². The molecule has 0 spiro atoms. The predicted octanol–water partition coefficient (Wildman–Crippen LogP) is 5.03. The highest BCUT2D eigenvalue weighted by Gasteiger charge is 2.27. The van der Waals surface area contributed by atoms with Gasteiger partial charge in [-0.05, 0) is 34.1 Å². The van der Waals surface area contributed by atoms with Crippen molar-refractivity contribution in [1.29, 1.82) is 0 Å². The summed E-state index contributed by atoms with van der Waals surface area (Å²) in [5.41, 5.74) is 0.883. The first kappa shape index (κ1) is 19.7. The number of rotatable bonds is 6. The standard InChI is InChI=1S/C17H11BBrCl2O4/c1-8(18-2)15(19)17-14(13(23)6-22)10(7-25-17)16(24)9-3-4-11(20)12(21)5-9/h3-7H,1-2H3. The third kappa shape index (κ3) is 3.97. The predicted molar refractivity (Wildman–Crippen MR) is 102 cm³/mol. The summed E-state index contributed by atoms with van der Waals surface area (Å²) in [6.07, 6.45) is 1.30. The van der Waals surface area contributed by atoms with E-state index in [4.69, 9.17) is 27.6 Å². The summed E-state index contributed by atoms with van der Waals surface area (Å²) in [4.78, 5) is 35.9. The lowest BCUT2D eigenvalue weighted by Crippen LogP contribution is -2.10. The summed E-state index contributed by atoms with van der Waals surface area (Å²) < 4.78 is 5.90. The molecule has 0 bridgehead atoms. The van der Waals surface area contributed by atoms with Gasteiger partial charge in [-0.25, -0.2) is 0 Å². The Morgan fingerprint density at radius 1 is 1.24 bits per heavy atom. The van der Waals surface area contributed by atoms with Gasteiger partial charge >= 0.3 is 0 Å². The number of hydrogen-bond donors (Lipinski definition) is 0. The lowest BCUT2D eigenvalue weighted by Gasteiger charge is -2.05. The molecule has 0 aliphatic rings. The average Bonchev–Trinajstić information content (AvgIpc) is 3.06. The van der Waals surface area contributed by atoms with Crippen LogP contribution in [0.5, 0.6) is 0 Å². The van der Waals surface area contributed by atoms with Crippen LogP contribution in [-0.2, 0) is 4.79 Å². The summed E-state index contributed by atoms with van der Waals surface area (Å²) in [5, 5.41) is 0.507. The lowest BCUT2D eigenvalue weighted by atomic mass is 9.73. The van der Waals surface area contributed by atoms with E-state index in [9.17, 15) is 14.4 Å². The Morgan fingerprint density at radius 2 is 1.92 bits per heavy atom. The zero-order chi connectivity index (χ0) is 18.7. The molecule has 127 valence electrons. The monoisotopic (exact) mass is 439 g/mol. The molecule has 0 aliphatic heterocycles. The Morgan fingerprint density at radius 3 is 2.48 bits per heavy atom. The highest BCUT2D eigenvalue weighted by atomic mass is 79.9. The fourth-order valence-corrected chi connectivity index (χ4v) is 2.91. The van der Waals surface area contributed by atoms with Crippen LogP contribution in [0.2, 0.25) is 16.9 Å². The quantitative estimate of drug-likeness (QED) is 0.273. The molecule has 8 heteroatoms. The number of ketones is 2. The number of carbonyl (C=O) groups excluding carboxylic acids is 3. The van der Waals surface area contributed by atoms with Gasteiger partial charge < -0.3 is 4.42 Å². The molecule has 1 heterocycles. The number of hydrogen-bond acceptors (Lipinski definition) is 4. The molecule has 0 N–H and O–H groups in total. The SMILES string of the molecule is C[B]C(C)=C(Br)c1occ(C(=O)c2ccc(Cl)c(Cl)c2)c1C(=O)C=O. The Hall–Kier alpha value is -1.63. The van der Waals surface area contributed by atoms with E-state index in [1.165, 1.54) is 18.2 Å². The summed E-state index contributed by atoms with van der Waals surface area (Å²) in [6, 6.07) is 4.35. The molecule has 0 aliphatic carbocycles. The molecule has 1 aromatic heterocycles. The maximum atomic E-state index is 12.8. The zero-order valence-electron chi connectivity index (χ0n) is 13.2. The van der Waals surface area contributed by atoms with Gasteiger partial charge in [0.1, 0.15) is 13.5 Å². The van der Waals surface area contributed by atoms with Crippen molar-refractivity contribution >= 4 is 68.7 Å². The minimum absolute atomic E-state index is 0.0219. The summed E-state index contributed by atoms with van der Waals surface area (Å²) in [6.45, 7) is 3.60. The lowest BCUT2D eigenvalue weighted by molar-refractivity contribution is -0.104. The fourth-order valence-electron chi connectivity index (χ4n) is 2.09. The van der Waals surface area contributed by atoms with Gasteiger partial charge in [0.15, 0.2) is 17.8 Å². The van der Waals surface area contributed by atoms with Crippen molar-refractivity contribution in [2.45, 2.75) is 13.7 Å². The molecule has 0 saturated carbocycles. The number of allylic oxidation sites excluding steroid dienone is 1. The van der Waals surface area contributed by atoms with Gasteiger partial charge in [0.2, 0.25) is 5.78 Å². The second-order valence-electron chi connectivity index (χ2n) is 5.08. The van der Waals surface area contributed by atoms with Crippen LogP contribution >= 0.6 is 39.1 Å². The van der Waals surface area contributed by atoms with Gasteiger partial charge in [0.05, 0.1) is 25.7 Å². The smallest absolute Gasteiger partial charge is 0.230 e. The fraction of sp³-hybridized carbons (Fsp3) is 0.118. The molecule has 1 aromatic carbocycles. The molecular weight excluding hydrogens is 430 g/mol. The summed E-state index contributed by atoms with van der Waals surface area (Å²) in [7, 11) is 1.79.